The number of carboxylic acid groups (broad SMARTS) is 1. The molecule has 118 valence electrons. The fourth-order valence-electron chi connectivity index (χ4n) is 1.66. The third-order valence-electron chi connectivity index (χ3n) is 2.70. The number of carboxylic acids is 1. The Morgan fingerprint density at radius 2 is 1.90 bits per heavy atom. The van der Waals surface area contributed by atoms with Gasteiger partial charge in [-0.3, -0.25) is 19.3 Å². The molecule has 0 fully saturated rings. The molecule has 0 spiro atoms. The highest BCUT2D eigenvalue weighted by molar-refractivity contribution is 5.82. The third kappa shape index (κ3) is 10.3. The summed E-state index contributed by atoms with van der Waals surface area (Å²) in [6, 6.07) is -0.273. The molecule has 2 amide bonds. The molecule has 0 aliphatic carbocycles. The summed E-state index contributed by atoms with van der Waals surface area (Å²) in [4.78, 5) is 34.1. The Balaban J connectivity index is 0. The summed E-state index contributed by atoms with van der Waals surface area (Å²) in [6.45, 7) is 0.746. The van der Waals surface area contributed by atoms with Crippen molar-refractivity contribution < 1.29 is 19.5 Å². The molecule has 1 atom stereocenters. The molecule has 0 heterocycles. The van der Waals surface area contributed by atoms with Crippen molar-refractivity contribution in [3.05, 3.63) is 0 Å². The van der Waals surface area contributed by atoms with Crippen LogP contribution in [-0.4, -0.2) is 61.5 Å². The van der Waals surface area contributed by atoms with E-state index in [4.69, 9.17) is 5.11 Å². The van der Waals surface area contributed by atoms with Crippen LogP contribution in [0.25, 0.3) is 0 Å². The first-order chi connectivity index (χ1) is 8.99. The first kappa shape index (κ1) is 20.7. The van der Waals surface area contributed by atoms with Gasteiger partial charge in [-0.15, -0.1) is 0 Å². The van der Waals surface area contributed by atoms with E-state index in [1.807, 2.05) is 19.0 Å². The molecule has 0 radical (unpaired) electrons. The zero-order valence-electron chi connectivity index (χ0n) is 11.5. The second-order valence-corrected chi connectivity index (χ2v) is 4.48. The largest absolute Gasteiger partial charge is 0.481 e. The molecule has 3 N–H and O–H groups in total. The SMILES string of the molecule is CN(C)C(CCCCN[13CH]=O)C(=O)[15NH][13CH2]CC(=O)O.[13CH4]. The van der Waals surface area contributed by atoms with Crippen LogP contribution < -0.4 is 10.6 Å². The number of aliphatic carboxylic acids is 1. The van der Waals surface area contributed by atoms with E-state index in [1.165, 1.54) is 0 Å². The smallest absolute Gasteiger partial charge is 0.305 e. The van der Waals surface area contributed by atoms with Crippen molar-refractivity contribution in [3.8, 4) is 0 Å². The molecule has 0 rings (SSSR count). The van der Waals surface area contributed by atoms with Gasteiger partial charge in [0, 0.05) is 13.1 Å². The standard InChI is InChI=1S/C12H23N3O4.CH4/c1-15(2)10(5-3-4-7-13-9-16)12(19)14-8-6-11(17)18;/h9-10H,3-8H2,1-2H3,(H,13,16)(H,14,19)(H,17,18);1H4/i8+1,9+1,14+1;1+1. The number of nitrogens with one attached hydrogen (secondary N) is 2. The summed E-state index contributed by atoms with van der Waals surface area (Å²) in [6.07, 6.45) is 2.88. The van der Waals surface area contributed by atoms with Crippen LogP contribution >= 0.6 is 0 Å². The first-order valence-electron chi connectivity index (χ1n) is 6.32. The van der Waals surface area contributed by atoms with E-state index in [-0.39, 0.29) is 32.3 Å². The zero-order chi connectivity index (χ0) is 14.7. The normalized spacial score (nSPS) is 11.3. The van der Waals surface area contributed by atoms with Crippen molar-refractivity contribution in [2.45, 2.75) is 39.2 Å². The van der Waals surface area contributed by atoms with Crippen molar-refractivity contribution in [1.29, 1.82) is 0 Å². The van der Waals surface area contributed by atoms with E-state index in [1.54, 1.807) is 0 Å². The number of amides is 2. The second-order valence-electron chi connectivity index (χ2n) is 4.48. The van der Waals surface area contributed by atoms with Crippen LogP contribution in [0.4, 0.5) is 0 Å². The molecule has 0 aromatic rings. The second kappa shape index (κ2) is 12.4. The van der Waals surface area contributed by atoms with Gasteiger partial charge in [-0.05, 0) is 33.4 Å². The average Bonchev–Trinajstić information content (AvgIpc) is 2.32. The quantitative estimate of drug-likeness (QED) is 0.216. The van der Waals surface area contributed by atoms with Crippen molar-refractivity contribution >= 4 is 18.3 Å². The van der Waals surface area contributed by atoms with Crippen LogP contribution in [0.5, 0.6) is 0 Å². The fourth-order valence-corrected chi connectivity index (χ4v) is 1.66. The average molecular weight is 293 g/mol. The number of hydrogen-bond acceptors (Lipinski definition) is 4. The molecule has 0 bridgehead atoms. The molecule has 0 aliphatic rings. The van der Waals surface area contributed by atoms with Gasteiger partial charge in [-0.25, -0.2) is 0 Å². The predicted molar refractivity (Wildman–Crippen MR) is 77.4 cm³/mol. The summed E-state index contributed by atoms with van der Waals surface area (Å²) in [7, 11) is 3.62. The summed E-state index contributed by atoms with van der Waals surface area (Å²) in [5, 5.41) is 13.7. The Labute approximate surface area is 120 Å². The minimum absolute atomic E-state index is 0. The summed E-state index contributed by atoms with van der Waals surface area (Å²) < 4.78 is 0. The number of unbranched alkanes of at least 4 members (excludes halogenated alkanes) is 1. The van der Waals surface area contributed by atoms with E-state index in [0.29, 0.717) is 19.4 Å². The maximum absolute atomic E-state index is 11.9. The van der Waals surface area contributed by atoms with Crippen molar-refractivity contribution in [2.24, 2.45) is 0 Å². The Kier molecular flexibility index (Phi) is 12.8. The van der Waals surface area contributed by atoms with Crippen LogP contribution in [0.15, 0.2) is 0 Å². The van der Waals surface area contributed by atoms with Crippen molar-refractivity contribution in [2.75, 3.05) is 27.2 Å². The minimum Gasteiger partial charge on any atom is -0.481 e. The van der Waals surface area contributed by atoms with Gasteiger partial charge in [0.25, 0.3) is 0 Å². The van der Waals surface area contributed by atoms with E-state index < -0.39 is 5.97 Å². The van der Waals surface area contributed by atoms with Gasteiger partial charge in [0.2, 0.25) is 12.3 Å². The van der Waals surface area contributed by atoms with Crippen LogP contribution in [0.3, 0.4) is 0 Å². The molecular weight excluding hydrogens is 266 g/mol. The predicted octanol–water partition coefficient (Wildman–Crippen LogP) is 0.0599. The molecule has 0 saturated heterocycles. The fraction of sp³-hybridized carbons (Fsp3) is 0.769. The Bertz CT molecular complexity index is 295. The highest BCUT2D eigenvalue weighted by Crippen LogP contribution is 2.06. The molecule has 0 aromatic heterocycles. The molecule has 0 aromatic carbocycles. The van der Waals surface area contributed by atoms with Crippen LogP contribution in [0, 0.1) is 0 Å². The highest BCUT2D eigenvalue weighted by atomic mass is 16.4. The van der Waals surface area contributed by atoms with Crippen LogP contribution in [-0.2, 0) is 14.4 Å². The van der Waals surface area contributed by atoms with Gasteiger partial charge in [-0.1, -0.05) is 7.43 Å². The van der Waals surface area contributed by atoms with Gasteiger partial charge in [0.1, 0.15) is 0 Å². The van der Waals surface area contributed by atoms with Gasteiger partial charge < -0.3 is 15.7 Å². The molecule has 1 unspecified atom stereocenters. The maximum Gasteiger partial charge on any atom is 0.305 e. The molecule has 20 heavy (non-hydrogen) atoms. The lowest BCUT2D eigenvalue weighted by atomic mass is 10.1. The number of carbonyl (C=O) groups is 3. The lowest BCUT2D eigenvalue weighted by Crippen LogP contribution is -2.44. The third-order valence-corrected chi connectivity index (χ3v) is 2.70. The highest BCUT2D eigenvalue weighted by Gasteiger charge is 2.19. The summed E-state index contributed by atoms with van der Waals surface area (Å²) in [5.41, 5.74) is 0. The topological polar surface area (TPSA) is 98.7 Å². The van der Waals surface area contributed by atoms with E-state index in [2.05, 4.69) is 10.6 Å². The van der Waals surface area contributed by atoms with E-state index >= 15 is 0 Å². The number of rotatable bonds is 11. The minimum atomic E-state index is -0.929. The lowest BCUT2D eigenvalue weighted by molar-refractivity contribution is -0.137. The molecule has 7 nitrogen and oxygen atoms in total. The van der Waals surface area contributed by atoms with E-state index in [9.17, 15) is 14.4 Å². The monoisotopic (exact) mass is 293 g/mol. The number of likely N-dealkylation sites (N-methyl/N-ethyl adjacent to an activating group) is 1. The van der Waals surface area contributed by atoms with Gasteiger partial charge in [0.05, 0.1) is 12.5 Å². The van der Waals surface area contributed by atoms with Gasteiger partial charge in [0.15, 0.2) is 0 Å². The Morgan fingerprint density at radius 1 is 1.25 bits per heavy atom. The van der Waals surface area contributed by atoms with Crippen molar-refractivity contribution in [1.82, 2.24) is 15.5 Å². The molecular formula is C13H27N3O4. The lowest BCUT2D eigenvalue weighted by Gasteiger charge is -2.23. The molecule has 0 aliphatic heterocycles. The summed E-state index contributed by atoms with van der Waals surface area (Å²) >= 11 is 0. The Hall–Kier alpha value is -1.63. The molecule has 0 saturated carbocycles. The van der Waals surface area contributed by atoms with E-state index in [0.717, 1.165) is 12.8 Å². The number of carbonyl (C=O) groups excluding carboxylic acids is 2. The maximum atomic E-state index is 11.9. The number of hydrogen-bond donors (Lipinski definition) is 3. The number of nitrogens with zero attached hydrogens (tertiary/aromatic N) is 1. The van der Waals surface area contributed by atoms with Crippen LogP contribution in [0.2, 0.25) is 0 Å². The van der Waals surface area contributed by atoms with Gasteiger partial charge >= 0.3 is 5.97 Å². The molecule has 7 heteroatoms. The Morgan fingerprint density at radius 3 is 2.40 bits per heavy atom. The summed E-state index contributed by atoms with van der Waals surface area (Å²) in [5.74, 6) is -1.09. The zero-order valence-corrected chi connectivity index (χ0v) is 11.5. The van der Waals surface area contributed by atoms with Crippen LogP contribution in [0.1, 0.15) is 33.1 Å². The van der Waals surface area contributed by atoms with Gasteiger partial charge in [-0.2, -0.15) is 0 Å². The first-order valence-corrected chi connectivity index (χ1v) is 6.32. The van der Waals surface area contributed by atoms with Crippen molar-refractivity contribution in [3.63, 3.8) is 0 Å².